The van der Waals surface area contributed by atoms with Crippen molar-refractivity contribution < 1.29 is 4.42 Å². The molecule has 0 fully saturated rings. The van der Waals surface area contributed by atoms with Gasteiger partial charge in [0.2, 0.25) is 6.71 Å². The molecule has 0 saturated heterocycles. The van der Waals surface area contributed by atoms with Crippen LogP contribution in [0.3, 0.4) is 0 Å². The van der Waals surface area contributed by atoms with Crippen LogP contribution in [0.25, 0.3) is 60.9 Å². The Morgan fingerprint density at radius 2 is 1.07 bits per heavy atom. The van der Waals surface area contributed by atoms with Gasteiger partial charge in [0.05, 0.1) is 10.9 Å². The Morgan fingerprint density at radius 1 is 0.463 bits per heavy atom. The van der Waals surface area contributed by atoms with Crippen LogP contribution < -0.4 is 16.4 Å². The lowest BCUT2D eigenvalue weighted by Gasteiger charge is -2.46. The van der Waals surface area contributed by atoms with Crippen LogP contribution in [0.15, 0.2) is 199 Å². The second-order valence-electron chi connectivity index (χ2n) is 14.7. The normalized spacial score (nSPS) is 13.7. The average molecular weight is 686 g/mol. The summed E-state index contributed by atoms with van der Waals surface area (Å²) in [6.45, 7) is 0.00959. The van der Waals surface area contributed by atoms with Crippen LogP contribution in [0.4, 0.5) is 0 Å². The Labute approximate surface area is 313 Å². The van der Waals surface area contributed by atoms with E-state index >= 15 is 0 Å². The molecule has 3 heteroatoms. The first-order valence-corrected chi connectivity index (χ1v) is 18.8. The van der Waals surface area contributed by atoms with E-state index in [1.54, 1.807) is 0 Å². The van der Waals surface area contributed by atoms with Gasteiger partial charge in [0.25, 0.3) is 0 Å². The molecule has 0 atom stereocenters. The van der Waals surface area contributed by atoms with E-state index in [-0.39, 0.29) is 6.71 Å². The minimum atomic E-state index is -0.616. The summed E-state index contributed by atoms with van der Waals surface area (Å²) in [6, 6.07) is 71.3. The summed E-state index contributed by atoms with van der Waals surface area (Å²) in [5, 5.41) is 3.71. The molecule has 0 aliphatic carbocycles. The van der Waals surface area contributed by atoms with Gasteiger partial charge in [-0.1, -0.05) is 181 Å². The third kappa shape index (κ3) is 3.80. The third-order valence-electron chi connectivity index (χ3n) is 12.1. The first-order valence-electron chi connectivity index (χ1n) is 18.8. The van der Waals surface area contributed by atoms with Crippen molar-refractivity contribution >= 4 is 55.9 Å². The van der Waals surface area contributed by atoms with E-state index < -0.39 is 5.41 Å². The summed E-state index contributed by atoms with van der Waals surface area (Å²) in [5.41, 5.74) is 16.5. The molecule has 2 nitrogen and oxygen atoms in total. The number of para-hydroxylation sites is 2. The molecule has 0 saturated carbocycles. The zero-order chi connectivity index (χ0) is 35.4. The van der Waals surface area contributed by atoms with Gasteiger partial charge < -0.3 is 8.98 Å². The van der Waals surface area contributed by atoms with Gasteiger partial charge in [-0.15, -0.1) is 0 Å². The molecule has 4 heterocycles. The highest BCUT2D eigenvalue weighted by atomic mass is 16.3. The molecule has 0 N–H and O–H groups in total. The number of hydrogen-bond donors (Lipinski definition) is 0. The zero-order valence-corrected chi connectivity index (χ0v) is 29.4. The van der Waals surface area contributed by atoms with Crippen molar-refractivity contribution in [2.75, 3.05) is 0 Å². The fourth-order valence-corrected chi connectivity index (χ4v) is 10.1. The highest BCUT2D eigenvalue weighted by molar-refractivity contribution is 6.99. The third-order valence-corrected chi connectivity index (χ3v) is 12.1. The maximum absolute atomic E-state index is 7.12. The summed E-state index contributed by atoms with van der Waals surface area (Å²) in [6.07, 6.45) is 0. The first kappa shape index (κ1) is 29.7. The van der Waals surface area contributed by atoms with Crippen LogP contribution in [0.2, 0.25) is 0 Å². The average Bonchev–Trinajstić information content (AvgIpc) is 3.79. The molecule has 0 amide bonds. The van der Waals surface area contributed by atoms with Crippen LogP contribution in [0.5, 0.6) is 0 Å². The molecule has 54 heavy (non-hydrogen) atoms. The number of fused-ring (bicyclic) bond motifs is 8. The lowest BCUT2D eigenvalue weighted by atomic mass is 9.29. The summed E-state index contributed by atoms with van der Waals surface area (Å²) < 4.78 is 9.66. The second-order valence-corrected chi connectivity index (χ2v) is 14.7. The monoisotopic (exact) mass is 685 g/mol. The molecule has 0 unspecified atom stereocenters. The van der Waals surface area contributed by atoms with Crippen molar-refractivity contribution in [3.05, 3.63) is 216 Å². The number of benzene rings is 8. The molecule has 12 rings (SSSR count). The predicted octanol–water partition coefficient (Wildman–Crippen LogP) is 10.4. The van der Waals surface area contributed by atoms with E-state index in [4.69, 9.17) is 4.42 Å². The van der Waals surface area contributed by atoms with E-state index in [0.29, 0.717) is 0 Å². The van der Waals surface area contributed by atoms with E-state index in [9.17, 15) is 0 Å². The second kappa shape index (κ2) is 11.1. The summed E-state index contributed by atoms with van der Waals surface area (Å²) >= 11 is 0. The molecular weight excluding hydrogens is 653 g/mol. The highest BCUT2D eigenvalue weighted by Crippen LogP contribution is 2.50. The fourth-order valence-electron chi connectivity index (χ4n) is 10.1. The molecule has 8 aromatic carbocycles. The number of furan rings is 1. The minimum Gasteiger partial charge on any atom is -0.455 e. The fraction of sp³-hybridized carbons (Fsp3) is 0.0196. The van der Waals surface area contributed by atoms with Crippen LogP contribution in [0.1, 0.15) is 22.3 Å². The van der Waals surface area contributed by atoms with Gasteiger partial charge in [-0.05, 0) is 56.9 Å². The van der Waals surface area contributed by atoms with Crippen LogP contribution in [0, 0.1) is 0 Å². The minimum absolute atomic E-state index is 0.00959. The zero-order valence-electron chi connectivity index (χ0n) is 29.4. The van der Waals surface area contributed by atoms with E-state index in [2.05, 4.69) is 199 Å². The number of rotatable bonds is 4. The first-order chi connectivity index (χ1) is 26.8. The highest BCUT2D eigenvalue weighted by Gasteiger charge is 2.51. The molecule has 2 aliphatic rings. The van der Waals surface area contributed by atoms with Crippen molar-refractivity contribution in [2.24, 2.45) is 0 Å². The predicted molar refractivity (Wildman–Crippen MR) is 224 cm³/mol. The van der Waals surface area contributed by atoms with Crippen molar-refractivity contribution in [1.82, 2.24) is 4.57 Å². The summed E-state index contributed by atoms with van der Waals surface area (Å²) in [5.74, 6) is 0.897. The maximum atomic E-state index is 7.12. The van der Waals surface area contributed by atoms with Crippen LogP contribution in [-0.2, 0) is 5.41 Å². The summed E-state index contributed by atoms with van der Waals surface area (Å²) in [4.78, 5) is 0. The number of nitrogens with zero attached hydrogens (tertiary/aromatic N) is 1. The van der Waals surface area contributed by atoms with Crippen molar-refractivity contribution in [3.8, 4) is 28.1 Å². The molecule has 0 radical (unpaired) electrons. The van der Waals surface area contributed by atoms with Gasteiger partial charge in [0.15, 0.2) is 0 Å². The Bertz CT molecular complexity index is 3050. The van der Waals surface area contributed by atoms with Crippen molar-refractivity contribution in [2.45, 2.75) is 5.41 Å². The topological polar surface area (TPSA) is 18.1 Å². The van der Waals surface area contributed by atoms with E-state index in [1.807, 2.05) is 0 Å². The molecule has 2 aliphatic heterocycles. The van der Waals surface area contributed by atoms with Gasteiger partial charge in [-0.25, -0.2) is 0 Å². The van der Waals surface area contributed by atoms with Gasteiger partial charge in [0.1, 0.15) is 11.3 Å². The lowest BCUT2D eigenvalue weighted by Crippen LogP contribution is -2.64. The van der Waals surface area contributed by atoms with E-state index in [1.165, 1.54) is 66.1 Å². The van der Waals surface area contributed by atoms with Gasteiger partial charge in [0, 0.05) is 38.5 Å². The Morgan fingerprint density at radius 3 is 1.80 bits per heavy atom. The standard InChI is InChI=1S/C51H32BNO/c1-5-17-33(18-6-1)47-39-31-43-41(32-46(39)54-50(47)34-19-7-2-8-20-34)51(35-21-9-3-10-22-35,36-23-11-4-12-24-36)40-27-16-30-45-48(40)52(43)42-28-15-26-38-37-25-13-14-29-44(37)53(45)49(38)42/h1-32H. The molecule has 10 aromatic rings. The molecule has 2 aromatic heterocycles. The maximum Gasteiger partial charge on any atom is 0.247 e. The molecular formula is C51H32BNO. The van der Waals surface area contributed by atoms with Crippen molar-refractivity contribution in [3.63, 3.8) is 0 Å². The van der Waals surface area contributed by atoms with Crippen LogP contribution >= 0.6 is 0 Å². The molecule has 250 valence electrons. The Balaban J connectivity index is 1.31. The largest absolute Gasteiger partial charge is 0.455 e. The van der Waals surface area contributed by atoms with Gasteiger partial charge in [-0.3, -0.25) is 0 Å². The number of aromatic nitrogens is 1. The lowest BCUT2D eigenvalue weighted by molar-refractivity contribution is 0.630. The quantitative estimate of drug-likeness (QED) is 0.169. The summed E-state index contributed by atoms with van der Waals surface area (Å²) in [7, 11) is 0. The molecule has 0 spiro atoms. The van der Waals surface area contributed by atoms with Crippen molar-refractivity contribution in [1.29, 1.82) is 0 Å². The Hall–Kier alpha value is -6.84. The molecule has 0 bridgehead atoms. The number of hydrogen-bond acceptors (Lipinski definition) is 1. The van der Waals surface area contributed by atoms with Gasteiger partial charge >= 0.3 is 0 Å². The van der Waals surface area contributed by atoms with Gasteiger partial charge in [-0.2, -0.15) is 0 Å². The van der Waals surface area contributed by atoms with E-state index in [0.717, 1.165) is 33.4 Å². The SMILES string of the molecule is c1ccc(-c2oc3cc4c(cc3c2-c2ccccc2)B2c3c(cccc3C4(c3ccccc3)c3ccccc3)-n3c4ccccc4c4cccc2c43)cc1. The van der Waals surface area contributed by atoms with Crippen LogP contribution in [-0.4, -0.2) is 11.3 Å². The smallest absolute Gasteiger partial charge is 0.247 e. The Kier molecular flexibility index (Phi) is 6.10.